The number of hydrogen-bond acceptors (Lipinski definition) is 8. The van der Waals surface area contributed by atoms with Crippen molar-refractivity contribution < 1.29 is 18.6 Å². The molecule has 0 unspecified atom stereocenters. The maximum absolute atomic E-state index is 15.0. The van der Waals surface area contributed by atoms with Crippen LogP contribution in [-0.4, -0.2) is 44.9 Å². The van der Waals surface area contributed by atoms with Gasteiger partial charge in [0.25, 0.3) is 0 Å². The van der Waals surface area contributed by atoms with Crippen molar-refractivity contribution in [1.29, 1.82) is 0 Å². The van der Waals surface area contributed by atoms with E-state index in [1.807, 2.05) is 0 Å². The fourth-order valence-electron chi connectivity index (χ4n) is 4.57. The maximum Gasteiger partial charge on any atom is 0.156 e. The highest BCUT2D eigenvalue weighted by Gasteiger charge is 2.68. The highest BCUT2D eigenvalue weighted by Crippen LogP contribution is 2.65. The van der Waals surface area contributed by atoms with E-state index in [4.69, 9.17) is 16.9 Å². The van der Waals surface area contributed by atoms with E-state index in [1.54, 1.807) is 24.5 Å². The van der Waals surface area contributed by atoms with Gasteiger partial charge in [-0.25, -0.2) is 23.7 Å². The number of halogens is 2. The second kappa shape index (κ2) is 8.42. The Balaban J connectivity index is 1.51. The van der Waals surface area contributed by atoms with Gasteiger partial charge in [-0.3, -0.25) is 0 Å². The number of amidine groups is 1. The lowest BCUT2D eigenvalue weighted by atomic mass is 9.84. The topological polar surface area (TPSA) is 106 Å². The van der Waals surface area contributed by atoms with Crippen LogP contribution >= 0.6 is 11.8 Å². The number of thioether (sulfide) groups is 1. The number of fused-ring (bicyclic) bond motifs is 2. The molecule has 5 rings (SSSR count). The van der Waals surface area contributed by atoms with Crippen LogP contribution in [0.5, 0.6) is 5.75 Å². The summed E-state index contributed by atoms with van der Waals surface area (Å²) in [6.07, 6.45) is 8.88. The van der Waals surface area contributed by atoms with Crippen molar-refractivity contribution in [3.05, 3.63) is 54.1 Å². The predicted octanol–water partition coefficient (Wildman–Crippen LogP) is 3.50. The van der Waals surface area contributed by atoms with E-state index < -0.39 is 22.8 Å². The van der Waals surface area contributed by atoms with Gasteiger partial charge in [-0.1, -0.05) is 17.7 Å². The van der Waals surface area contributed by atoms with Gasteiger partial charge in [-0.2, -0.15) is 0 Å². The monoisotopic (exact) mass is 481 g/mol. The van der Waals surface area contributed by atoms with Crippen LogP contribution in [0.15, 0.2) is 47.7 Å². The van der Waals surface area contributed by atoms with E-state index in [0.29, 0.717) is 29.2 Å². The SMILES string of the molecule is C#CCOc1cnc2c(Nc3ccc(F)c([C@@]4(CF)N=C(N)S[C@]5(CO)C[C@H]54)c3)nccc2c1. The van der Waals surface area contributed by atoms with E-state index in [9.17, 15) is 9.50 Å². The number of aromatic nitrogens is 2. The molecule has 1 fully saturated rings. The third-order valence-electron chi connectivity index (χ3n) is 6.28. The fraction of sp³-hybridized carbons (Fsp3) is 0.292. The average molecular weight is 482 g/mol. The summed E-state index contributed by atoms with van der Waals surface area (Å²) in [4.78, 5) is 13.1. The van der Waals surface area contributed by atoms with E-state index in [1.165, 1.54) is 30.0 Å². The summed E-state index contributed by atoms with van der Waals surface area (Å²) in [5, 5.41) is 13.9. The minimum atomic E-state index is -1.49. The van der Waals surface area contributed by atoms with Gasteiger partial charge in [-0.15, -0.1) is 6.42 Å². The molecule has 0 bridgehead atoms. The van der Waals surface area contributed by atoms with Gasteiger partial charge in [0, 0.05) is 28.8 Å². The van der Waals surface area contributed by atoms with Gasteiger partial charge in [0.2, 0.25) is 0 Å². The molecular formula is C24H21F2N5O2S. The van der Waals surface area contributed by atoms with Crippen molar-refractivity contribution in [3.8, 4) is 18.1 Å². The Labute approximate surface area is 198 Å². The van der Waals surface area contributed by atoms with Crippen molar-refractivity contribution in [1.82, 2.24) is 9.97 Å². The second-order valence-electron chi connectivity index (χ2n) is 8.30. The third-order valence-corrected chi connectivity index (χ3v) is 7.57. The summed E-state index contributed by atoms with van der Waals surface area (Å²) in [5.74, 6) is 2.41. The maximum atomic E-state index is 15.0. The zero-order valence-corrected chi connectivity index (χ0v) is 18.8. The third kappa shape index (κ3) is 3.61. The number of nitrogens with zero attached hydrogens (tertiary/aromatic N) is 3. The molecule has 0 saturated heterocycles. The summed E-state index contributed by atoms with van der Waals surface area (Å²) in [6, 6.07) is 7.89. The summed E-state index contributed by atoms with van der Waals surface area (Å²) in [7, 11) is 0. The lowest BCUT2D eigenvalue weighted by Gasteiger charge is -2.34. The molecule has 1 aromatic carbocycles. The normalized spacial score (nSPS) is 25.2. The number of aliphatic hydroxyl groups is 1. The minimum Gasteiger partial charge on any atom is -0.479 e. The van der Waals surface area contributed by atoms with Crippen LogP contribution < -0.4 is 15.8 Å². The Bertz CT molecular complexity index is 1350. The molecular weight excluding hydrogens is 460 g/mol. The largest absolute Gasteiger partial charge is 0.479 e. The molecule has 3 heterocycles. The Hall–Kier alpha value is -3.42. The number of pyridine rings is 2. The molecule has 3 atom stereocenters. The van der Waals surface area contributed by atoms with Crippen LogP contribution in [0.25, 0.3) is 10.9 Å². The number of nitrogens with two attached hydrogens (primary N) is 1. The molecule has 174 valence electrons. The lowest BCUT2D eigenvalue weighted by Crippen LogP contribution is -2.41. The van der Waals surface area contributed by atoms with Crippen molar-refractivity contribution in [3.63, 3.8) is 0 Å². The molecule has 2 aliphatic rings. The van der Waals surface area contributed by atoms with Gasteiger partial charge in [0.05, 0.1) is 17.6 Å². The van der Waals surface area contributed by atoms with Gasteiger partial charge < -0.3 is 20.9 Å². The summed E-state index contributed by atoms with van der Waals surface area (Å²) in [5.41, 5.74) is 5.62. The van der Waals surface area contributed by atoms with Gasteiger partial charge >= 0.3 is 0 Å². The number of aliphatic hydroxyl groups excluding tert-OH is 1. The molecule has 1 aliphatic heterocycles. The van der Waals surface area contributed by atoms with E-state index in [2.05, 4.69) is 26.2 Å². The number of anilines is 2. The molecule has 0 spiro atoms. The molecule has 10 heteroatoms. The van der Waals surface area contributed by atoms with Gasteiger partial charge in [0.15, 0.2) is 11.0 Å². The summed E-state index contributed by atoms with van der Waals surface area (Å²) >= 11 is 1.23. The summed E-state index contributed by atoms with van der Waals surface area (Å²) < 4.78 is 34.4. The number of aliphatic imine (C=N–C) groups is 1. The first-order valence-corrected chi connectivity index (χ1v) is 11.4. The first kappa shape index (κ1) is 22.4. The smallest absolute Gasteiger partial charge is 0.156 e. The molecule has 4 N–H and O–H groups in total. The van der Waals surface area contributed by atoms with E-state index >= 15 is 4.39 Å². The molecule has 3 aromatic rings. The standard InChI is InChI=1S/C24H21F2N5O2S/c1-2-7-33-16-8-14-5-6-28-21(20(14)29-11-16)30-15-3-4-18(26)17(9-15)24(12-25)19-10-23(19,13-32)34-22(27)31-24/h1,3-6,8-9,11,19,32H,7,10,12-13H2,(H2,27,31)(H,28,30)/t19-,23+,24-/m1/s1. The molecule has 0 radical (unpaired) electrons. The molecule has 34 heavy (non-hydrogen) atoms. The molecule has 2 aromatic heterocycles. The van der Waals surface area contributed by atoms with E-state index in [0.717, 1.165) is 5.39 Å². The van der Waals surface area contributed by atoms with Crippen molar-refractivity contribution >= 4 is 39.3 Å². The first-order valence-electron chi connectivity index (χ1n) is 10.5. The molecule has 0 amide bonds. The second-order valence-corrected chi connectivity index (χ2v) is 9.74. The number of hydrogen-bond donors (Lipinski definition) is 3. The zero-order chi connectivity index (χ0) is 23.9. The highest BCUT2D eigenvalue weighted by atomic mass is 32.2. The van der Waals surface area contributed by atoms with Gasteiger partial charge in [0.1, 0.15) is 35.9 Å². The van der Waals surface area contributed by atoms with Crippen molar-refractivity contribution in [2.24, 2.45) is 16.6 Å². The van der Waals surface area contributed by atoms with Gasteiger partial charge in [-0.05, 0) is 36.8 Å². The van der Waals surface area contributed by atoms with Crippen molar-refractivity contribution in [2.75, 3.05) is 25.2 Å². The van der Waals surface area contributed by atoms with E-state index in [-0.39, 0.29) is 29.9 Å². The number of benzene rings is 1. The molecule has 1 aliphatic carbocycles. The Morgan fingerprint density at radius 2 is 2.18 bits per heavy atom. The number of ether oxygens (including phenoxy) is 1. The number of alkyl halides is 1. The van der Waals surface area contributed by atoms with Crippen LogP contribution in [0.4, 0.5) is 20.3 Å². The number of nitrogens with one attached hydrogen (secondary N) is 1. The Kier molecular flexibility index (Phi) is 5.54. The Morgan fingerprint density at radius 3 is 2.94 bits per heavy atom. The molecule has 1 saturated carbocycles. The first-order chi connectivity index (χ1) is 16.4. The quantitative estimate of drug-likeness (QED) is 0.444. The summed E-state index contributed by atoms with van der Waals surface area (Å²) in [6.45, 7) is -0.990. The van der Waals surface area contributed by atoms with Crippen LogP contribution in [-0.2, 0) is 5.54 Å². The Morgan fingerprint density at radius 1 is 1.32 bits per heavy atom. The van der Waals surface area contributed by atoms with Crippen molar-refractivity contribution in [2.45, 2.75) is 16.7 Å². The highest BCUT2D eigenvalue weighted by molar-refractivity contribution is 8.15. The fourth-order valence-corrected chi connectivity index (χ4v) is 5.84. The van der Waals surface area contributed by atoms with Crippen LogP contribution in [0, 0.1) is 24.1 Å². The minimum absolute atomic E-state index is 0.0849. The number of rotatable bonds is 7. The predicted molar refractivity (Wildman–Crippen MR) is 128 cm³/mol. The zero-order valence-electron chi connectivity index (χ0n) is 18.0. The molecule has 7 nitrogen and oxygen atoms in total. The number of terminal acetylenes is 1. The lowest BCUT2D eigenvalue weighted by molar-refractivity contribution is 0.231. The van der Waals surface area contributed by atoms with Crippen LogP contribution in [0.3, 0.4) is 0 Å². The van der Waals surface area contributed by atoms with Crippen LogP contribution in [0.2, 0.25) is 0 Å². The van der Waals surface area contributed by atoms with Crippen LogP contribution in [0.1, 0.15) is 12.0 Å². The average Bonchev–Trinajstić information content (AvgIpc) is 3.59.